The van der Waals surface area contributed by atoms with Crippen LogP contribution in [0.1, 0.15) is 73.4 Å². The van der Waals surface area contributed by atoms with Crippen LogP contribution in [-0.2, 0) is 11.3 Å². The van der Waals surface area contributed by atoms with Gasteiger partial charge in [-0.2, -0.15) is 16.6 Å². The van der Waals surface area contributed by atoms with Gasteiger partial charge in [-0.3, -0.25) is 9.69 Å². The summed E-state index contributed by atoms with van der Waals surface area (Å²) in [5.41, 5.74) is 3.99. The molecule has 1 amide bonds. The van der Waals surface area contributed by atoms with Gasteiger partial charge in [0.05, 0.1) is 12.1 Å². The molecule has 0 spiro atoms. The van der Waals surface area contributed by atoms with Crippen molar-refractivity contribution in [2.75, 3.05) is 11.9 Å². The third-order valence-corrected chi connectivity index (χ3v) is 7.17. The summed E-state index contributed by atoms with van der Waals surface area (Å²) < 4.78 is 2.24. The smallest absolute Gasteiger partial charge is 0.239 e. The molecule has 154 valence electrons. The molecule has 2 aliphatic rings. The van der Waals surface area contributed by atoms with Crippen molar-refractivity contribution in [3.63, 3.8) is 0 Å². The maximum absolute atomic E-state index is 13.0. The number of carbonyl (C=O) groups is 1. The quantitative estimate of drug-likeness (QED) is 0.687. The number of rotatable bonds is 7. The average Bonchev–Trinajstić information content (AvgIpc) is 3.39. The SMILES string of the molecule is Cc1c(C#N)c(NC(=O)CN(Cc2ccsc2)C2CC2)n(C2CCCCC2)c1C. The van der Waals surface area contributed by atoms with E-state index in [0.29, 0.717) is 30.0 Å². The summed E-state index contributed by atoms with van der Waals surface area (Å²) >= 11 is 1.70. The highest BCUT2D eigenvalue weighted by atomic mass is 32.1. The second kappa shape index (κ2) is 8.73. The summed E-state index contributed by atoms with van der Waals surface area (Å²) in [4.78, 5) is 15.3. The number of anilines is 1. The molecule has 0 radical (unpaired) electrons. The monoisotopic (exact) mass is 410 g/mol. The molecule has 29 heavy (non-hydrogen) atoms. The van der Waals surface area contributed by atoms with E-state index in [0.717, 1.165) is 43.5 Å². The normalized spacial score (nSPS) is 17.4. The van der Waals surface area contributed by atoms with E-state index in [-0.39, 0.29) is 5.91 Å². The fraction of sp³-hybridized carbons (Fsp3) is 0.565. The maximum atomic E-state index is 13.0. The van der Waals surface area contributed by atoms with Crippen LogP contribution in [0.15, 0.2) is 16.8 Å². The number of carbonyl (C=O) groups excluding carboxylic acids is 1. The number of aromatic nitrogens is 1. The first kappa shape index (κ1) is 20.2. The minimum absolute atomic E-state index is 0.0156. The Balaban J connectivity index is 1.53. The summed E-state index contributed by atoms with van der Waals surface area (Å²) in [6.07, 6.45) is 8.28. The highest BCUT2D eigenvalue weighted by Gasteiger charge is 2.31. The van der Waals surface area contributed by atoms with Gasteiger partial charge in [0.15, 0.2) is 0 Å². The minimum atomic E-state index is -0.0156. The van der Waals surface area contributed by atoms with Crippen LogP contribution < -0.4 is 5.32 Å². The zero-order valence-corrected chi connectivity index (χ0v) is 18.2. The molecule has 0 saturated heterocycles. The summed E-state index contributed by atoms with van der Waals surface area (Å²) in [5.74, 6) is 0.698. The number of amides is 1. The Labute approximate surface area is 177 Å². The third-order valence-electron chi connectivity index (χ3n) is 6.44. The Morgan fingerprint density at radius 3 is 2.66 bits per heavy atom. The average molecular weight is 411 g/mol. The van der Waals surface area contributed by atoms with E-state index >= 15 is 0 Å². The molecule has 2 aliphatic carbocycles. The van der Waals surface area contributed by atoms with E-state index in [9.17, 15) is 10.1 Å². The molecule has 0 aromatic carbocycles. The lowest BCUT2D eigenvalue weighted by Crippen LogP contribution is -2.35. The first-order valence-corrected chi connectivity index (χ1v) is 11.7. The Morgan fingerprint density at radius 2 is 2.03 bits per heavy atom. The topological polar surface area (TPSA) is 61.1 Å². The van der Waals surface area contributed by atoms with Gasteiger partial charge in [0.2, 0.25) is 5.91 Å². The number of nitriles is 1. The van der Waals surface area contributed by atoms with E-state index in [1.807, 2.05) is 6.92 Å². The van der Waals surface area contributed by atoms with Crippen molar-refractivity contribution in [1.82, 2.24) is 9.47 Å². The predicted octanol–water partition coefficient (Wildman–Crippen LogP) is 5.15. The van der Waals surface area contributed by atoms with Gasteiger partial charge in [0.1, 0.15) is 11.9 Å². The molecular weight excluding hydrogens is 380 g/mol. The van der Waals surface area contributed by atoms with E-state index in [1.165, 1.54) is 24.8 Å². The number of hydrogen-bond donors (Lipinski definition) is 1. The van der Waals surface area contributed by atoms with Crippen molar-refractivity contribution < 1.29 is 4.79 Å². The van der Waals surface area contributed by atoms with Crippen molar-refractivity contribution in [3.8, 4) is 6.07 Å². The first-order valence-electron chi connectivity index (χ1n) is 10.7. The molecule has 6 heteroatoms. The number of thiophene rings is 1. The van der Waals surface area contributed by atoms with Crippen molar-refractivity contribution in [3.05, 3.63) is 39.2 Å². The van der Waals surface area contributed by atoms with Crippen LogP contribution in [0.4, 0.5) is 5.82 Å². The lowest BCUT2D eigenvalue weighted by atomic mass is 9.95. The highest BCUT2D eigenvalue weighted by molar-refractivity contribution is 7.07. The lowest BCUT2D eigenvalue weighted by molar-refractivity contribution is -0.117. The Bertz CT molecular complexity index is 898. The van der Waals surface area contributed by atoms with Crippen LogP contribution in [0.2, 0.25) is 0 Å². The van der Waals surface area contributed by atoms with E-state index in [1.54, 1.807) is 11.3 Å². The molecule has 1 N–H and O–H groups in total. The van der Waals surface area contributed by atoms with Crippen LogP contribution in [0, 0.1) is 25.2 Å². The van der Waals surface area contributed by atoms with Gasteiger partial charge in [-0.1, -0.05) is 19.3 Å². The van der Waals surface area contributed by atoms with Gasteiger partial charge < -0.3 is 9.88 Å². The zero-order chi connectivity index (χ0) is 20.4. The largest absolute Gasteiger partial charge is 0.327 e. The summed E-state index contributed by atoms with van der Waals surface area (Å²) in [5, 5.41) is 17.2. The molecule has 4 rings (SSSR count). The Kier molecular flexibility index (Phi) is 6.07. The van der Waals surface area contributed by atoms with Crippen LogP contribution >= 0.6 is 11.3 Å². The Morgan fingerprint density at radius 1 is 1.28 bits per heavy atom. The standard InChI is InChI=1S/C23H30N4OS/c1-16-17(2)27(20-6-4-3-5-7-20)23(21(16)12-24)25-22(28)14-26(19-8-9-19)13-18-10-11-29-15-18/h10-11,15,19-20H,3-9,13-14H2,1-2H3,(H,25,28). The van der Waals surface area contributed by atoms with Crippen LogP contribution in [0.5, 0.6) is 0 Å². The molecular formula is C23H30N4OS. The molecule has 2 heterocycles. The van der Waals surface area contributed by atoms with E-state index < -0.39 is 0 Å². The molecule has 5 nitrogen and oxygen atoms in total. The highest BCUT2D eigenvalue weighted by Crippen LogP contribution is 2.37. The maximum Gasteiger partial charge on any atom is 0.239 e. The fourth-order valence-electron chi connectivity index (χ4n) is 4.61. The van der Waals surface area contributed by atoms with Gasteiger partial charge >= 0.3 is 0 Å². The van der Waals surface area contributed by atoms with Gasteiger partial charge in [-0.25, -0.2) is 0 Å². The molecule has 2 fully saturated rings. The van der Waals surface area contributed by atoms with Crippen LogP contribution in [-0.4, -0.2) is 28.0 Å². The fourth-order valence-corrected chi connectivity index (χ4v) is 5.27. The van der Waals surface area contributed by atoms with E-state index in [4.69, 9.17) is 0 Å². The number of nitrogens with one attached hydrogen (secondary N) is 1. The summed E-state index contributed by atoms with van der Waals surface area (Å²) in [6, 6.07) is 5.36. The third kappa shape index (κ3) is 4.41. The lowest BCUT2D eigenvalue weighted by Gasteiger charge is -2.27. The second-order valence-electron chi connectivity index (χ2n) is 8.52. The minimum Gasteiger partial charge on any atom is -0.327 e. The molecule has 0 bridgehead atoms. The Hall–Kier alpha value is -2.10. The van der Waals surface area contributed by atoms with Crippen LogP contribution in [0.3, 0.4) is 0 Å². The van der Waals surface area contributed by atoms with Gasteiger partial charge in [-0.05, 0) is 67.5 Å². The van der Waals surface area contributed by atoms with Crippen LogP contribution in [0.25, 0.3) is 0 Å². The summed E-state index contributed by atoms with van der Waals surface area (Å²) in [6.45, 7) is 5.26. The van der Waals surface area contributed by atoms with Crippen molar-refractivity contribution in [2.24, 2.45) is 0 Å². The predicted molar refractivity (Wildman–Crippen MR) is 117 cm³/mol. The molecule has 0 unspecified atom stereocenters. The summed E-state index contributed by atoms with van der Waals surface area (Å²) in [7, 11) is 0. The molecule has 0 atom stereocenters. The van der Waals surface area contributed by atoms with Gasteiger partial charge in [0, 0.05) is 24.3 Å². The number of hydrogen-bond acceptors (Lipinski definition) is 4. The van der Waals surface area contributed by atoms with Gasteiger partial charge in [0.25, 0.3) is 0 Å². The first-order chi connectivity index (χ1) is 14.1. The molecule has 2 aromatic rings. The van der Waals surface area contributed by atoms with Crippen molar-refractivity contribution in [2.45, 2.75) is 77.4 Å². The van der Waals surface area contributed by atoms with E-state index in [2.05, 4.69) is 44.6 Å². The molecule has 2 aromatic heterocycles. The van der Waals surface area contributed by atoms with Crippen molar-refractivity contribution >= 4 is 23.1 Å². The zero-order valence-electron chi connectivity index (χ0n) is 17.4. The molecule has 2 saturated carbocycles. The van der Waals surface area contributed by atoms with Gasteiger partial charge in [-0.15, -0.1) is 0 Å². The second-order valence-corrected chi connectivity index (χ2v) is 9.30. The number of nitrogens with zero attached hydrogens (tertiary/aromatic N) is 3. The van der Waals surface area contributed by atoms with Crippen molar-refractivity contribution in [1.29, 1.82) is 5.26 Å². The molecule has 0 aliphatic heterocycles.